The van der Waals surface area contributed by atoms with Gasteiger partial charge in [-0.15, -0.1) is 0 Å². The molecule has 1 atom stereocenters. The molecular formula is C14H19N3O2. The smallest absolute Gasteiger partial charge is 0.240 e. The van der Waals surface area contributed by atoms with Gasteiger partial charge >= 0.3 is 0 Å². The van der Waals surface area contributed by atoms with E-state index >= 15 is 0 Å². The number of hydrogen-bond donors (Lipinski definition) is 1. The lowest BCUT2D eigenvalue weighted by atomic mass is 10.1. The highest BCUT2D eigenvalue weighted by Gasteiger charge is 2.32. The third-order valence-corrected chi connectivity index (χ3v) is 3.42. The summed E-state index contributed by atoms with van der Waals surface area (Å²) < 4.78 is 0. The van der Waals surface area contributed by atoms with Crippen molar-refractivity contribution in [2.24, 2.45) is 0 Å². The van der Waals surface area contributed by atoms with Gasteiger partial charge < -0.3 is 10.2 Å². The second-order valence-corrected chi connectivity index (χ2v) is 4.87. The van der Waals surface area contributed by atoms with Crippen LogP contribution in [-0.2, 0) is 9.59 Å². The first-order valence-corrected chi connectivity index (χ1v) is 6.38. The lowest BCUT2D eigenvalue weighted by Gasteiger charge is -2.36. The van der Waals surface area contributed by atoms with Crippen molar-refractivity contribution in [1.82, 2.24) is 9.80 Å². The van der Waals surface area contributed by atoms with Crippen molar-refractivity contribution in [1.29, 1.82) is 0 Å². The maximum atomic E-state index is 12.0. The van der Waals surface area contributed by atoms with E-state index in [1.54, 1.807) is 11.9 Å². The Kier molecular flexibility index (Phi) is 4.16. The number of anilines is 1. The Balaban J connectivity index is 1.96. The average molecular weight is 261 g/mol. The molecule has 1 aliphatic rings. The Morgan fingerprint density at radius 3 is 2.63 bits per heavy atom. The Morgan fingerprint density at radius 2 is 1.95 bits per heavy atom. The molecule has 1 fully saturated rings. The van der Waals surface area contributed by atoms with Gasteiger partial charge in [0.05, 0.1) is 12.5 Å². The molecule has 19 heavy (non-hydrogen) atoms. The minimum Gasteiger partial charge on any atom is -0.343 e. The number of carbonyl (C=O) groups is 2. The van der Waals surface area contributed by atoms with Crippen LogP contribution in [0.4, 0.5) is 5.69 Å². The summed E-state index contributed by atoms with van der Waals surface area (Å²) in [5.74, 6) is -0.122. The molecule has 0 bridgehead atoms. The number of nitrogens with one attached hydrogen (secondary N) is 1. The van der Waals surface area contributed by atoms with Crippen LogP contribution in [0.5, 0.6) is 0 Å². The van der Waals surface area contributed by atoms with Crippen LogP contribution in [0.3, 0.4) is 0 Å². The van der Waals surface area contributed by atoms with Crippen molar-refractivity contribution < 1.29 is 9.59 Å². The fraction of sp³-hybridized carbons (Fsp3) is 0.429. The van der Waals surface area contributed by atoms with E-state index in [4.69, 9.17) is 0 Å². The van der Waals surface area contributed by atoms with Crippen molar-refractivity contribution in [2.75, 3.05) is 32.5 Å². The maximum Gasteiger partial charge on any atom is 0.240 e. The summed E-state index contributed by atoms with van der Waals surface area (Å²) >= 11 is 0. The number of amides is 2. The SMILES string of the molecule is CN1CCN(C)C(CC(=O)Nc2ccccc2)C1=O. The van der Waals surface area contributed by atoms with Gasteiger partial charge in [0.1, 0.15) is 0 Å². The second-order valence-electron chi connectivity index (χ2n) is 4.87. The van der Waals surface area contributed by atoms with E-state index in [0.717, 1.165) is 12.2 Å². The molecule has 1 aromatic carbocycles. The monoisotopic (exact) mass is 261 g/mol. The van der Waals surface area contributed by atoms with Crippen LogP contribution >= 0.6 is 0 Å². The summed E-state index contributed by atoms with van der Waals surface area (Å²) in [7, 11) is 3.66. The van der Waals surface area contributed by atoms with Crippen molar-refractivity contribution in [3.05, 3.63) is 30.3 Å². The van der Waals surface area contributed by atoms with E-state index < -0.39 is 0 Å². The summed E-state index contributed by atoms with van der Waals surface area (Å²) in [6.45, 7) is 1.51. The minimum atomic E-state index is -0.359. The number of para-hydroxylation sites is 1. The zero-order valence-electron chi connectivity index (χ0n) is 11.3. The molecule has 0 saturated carbocycles. The normalized spacial score (nSPS) is 20.4. The van der Waals surface area contributed by atoms with Crippen LogP contribution in [0, 0.1) is 0 Å². The molecule has 5 heteroatoms. The van der Waals surface area contributed by atoms with Gasteiger partial charge in [-0.3, -0.25) is 14.5 Å². The molecule has 1 unspecified atom stereocenters. The molecule has 2 amide bonds. The van der Waals surface area contributed by atoms with Gasteiger partial charge in [-0.1, -0.05) is 18.2 Å². The molecule has 5 nitrogen and oxygen atoms in total. The molecule has 1 aromatic rings. The fourth-order valence-electron chi connectivity index (χ4n) is 2.17. The van der Waals surface area contributed by atoms with Crippen LogP contribution in [0.2, 0.25) is 0 Å². The van der Waals surface area contributed by atoms with Crippen LogP contribution in [-0.4, -0.2) is 54.8 Å². The topological polar surface area (TPSA) is 52.6 Å². The number of benzene rings is 1. The first-order valence-electron chi connectivity index (χ1n) is 6.38. The largest absolute Gasteiger partial charge is 0.343 e. The van der Waals surface area contributed by atoms with E-state index in [2.05, 4.69) is 5.32 Å². The van der Waals surface area contributed by atoms with Crippen molar-refractivity contribution >= 4 is 17.5 Å². The third-order valence-electron chi connectivity index (χ3n) is 3.42. The van der Waals surface area contributed by atoms with Gasteiger partial charge in [-0.25, -0.2) is 0 Å². The number of nitrogens with zero attached hydrogens (tertiary/aromatic N) is 2. The molecule has 1 aliphatic heterocycles. The van der Waals surface area contributed by atoms with E-state index in [0.29, 0.717) is 6.54 Å². The zero-order valence-corrected chi connectivity index (χ0v) is 11.3. The number of carbonyl (C=O) groups excluding carboxylic acids is 2. The van der Waals surface area contributed by atoms with Crippen LogP contribution in [0.1, 0.15) is 6.42 Å². The van der Waals surface area contributed by atoms with E-state index in [1.165, 1.54) is 0 Å². The van der Waals surface area contributed by atoms with Gasteiger partial charge in [-0.05, 0) is 19.2 Å². The summed E-state index contributed by atoms with van der Waals surface area (Å²) in [6.07, 6.45) is 0.189. The van der Waals surface area contributed by atoms with Crippen LogP contribution in [0.15, 0.2) is 30.3 Å². The number of piperazine rings is 1. The van der Waals surface area contributed by atoms with Crippen LogP contribution < -0.4 is 5.32 Å². The standard InChI is InChI=1S/C14H19N3O2/c1-16-8-9-17(2)14(19)12(16)10-13(18)15-11-6-4-3-5-7-11/h3-7,12H,8-10H2,1-2H3,(H,15,18). The van der Waals surface area contributed by atoms with Gasteiger partial charge in [0, 0.05) is 25.8 Å². The quantitative estimate of drug-likeness (QED) is 0.875. The Morgan fingerprint density at radius 1 is 1.26 bits per heavy atom. The summed E-state index contributed by atoms with van der Waals surface area (Å²) in [4.78, 5) is 27.6. The molecule has 0 radical (unpaired) electrons. The summed E-state index contributed by atoms with van der Waals surface area (Å²) in [5.41, 5.74) is 0.756. The Hall–Kier alpha value is -1.88. The van der Waals surface area contributed by atoms with Gasteiger partial charge in [-0.2, -0.15) is 0 Å². The fourth-order valence-corrected chi connectivity index (χ4v) is 2.17. The molecule has 1 heterocycles. The Labute approximate surface area is 113 Å². The highest BCUT2D eigenvalue weighted by Crippen LogP contribution is 2.13. The predicted molar refractivity (Wildman–Crippen MR) is 73.7 cm³/mol. The molecule has 1 N–H and O–H groups in total. The first-order chi connectivity index (χ1) is 9.08. The lowest BCUT2D eigenvalue weighted by Crippen LogP contribution is -2.55. The lowest BCUT2D eigenvalue weighted by molar-refractivity contribution is -0.141. The third kappa shape index (κ3) is 3.32. The molecule has 2 rings (SSSR count). The molecule has 102 valence electrons. The maximum absolute atomic E-state index is 12.0. The predicted octanol–water partition coefficient (Wildman–Crippen LogP) is 0.788. The zero-order chi connectivity index (χ0) is 13.8. The van der Waals surface area contributed by atoms with Crippen LogP contribution in [0.25, 0.3) is 0 Å². The van der Waals surface area contributed by atoms with Gasteiger partial charge in [0.15, 0.2) is 0 Å². The van der Waals surface area contributed by atoms with Gasteiger partial charge in [0.2, 0.25) is 11.8 Å². The summed E-state index contributed by atoms with van der Waals surface area (Å²) in [5, 5.41) is 2.81. The first kappa shape index (κ1) is 13.5. The summed E-state index contributed by atoms with van der Waals surface area (Å²) in [6, 6.07) is 8.92. The number of rotatable bonds is 3. The molecular weight excluding hydrogens is 242 g/mol. The Bertz CT molecular complexity index is 461. The van der Waals surface area contributed by atoms with E-state index in [-0.39, 0.29) is 24.3 Å². The number of hydrogen-bond acceptors (Lipinski definition) is 3. The van der Waals surface area contributed by atoms with Crippen molar-refractivity contribution in [2.45, 2.75) is 12.5 Å². The van der Waals surface area contributed by atoms with E-state index in [9.17, 15) is 9.59 Å². The van der Waals surface area contributed by atoms with Gasteiger partial charge in [0.25, 0.3) is 0 Å². The highest BCUT2D eigenvalue weighted by molar-refractivity contribution is 5.95. The van der Waals surface area contributed by atoms with E-state index in [1.807, 2.05) is 42.3 Å². The molecule has 0 spiro atoms. The highest BCUT2D eigenvalue weighted by atomic mass is 16.2. The molecule has 1 saturated heterocycles. The second kappa shape index (κ2) is 5.84. The minimum absolute atomic E-state index is 0.0111. The van der Waals surface area contributed by atoms with Crippen molar-refractivity contribution in [3.63, 3.8) is 0 Å². The average Bonchev–Trinajstić information content (AvgIpc) is 2.40. The molecule has 0 aromatic heterocycles. The molecule has 0 aliphatic carbocycles. The van der Waals surface area contributed by atoms with Crippen molar-refractivity contribution in [3.8, 4) is 0 Å². The number of likely N-dealkylation sites (N-methyl/N-ethyl adjacent to an activating group) is 2.